The molecule has 2 aromatic rings. The molecule has 1 amide bonds. The molecule has 3 N–H and O–H groups in total. The summed E-state index contributed by atoms with van der Waals surface area (Å²) in [5.74, 6) is 0.158. The van der Waals surface area contributed by atoms with Gasteiger partial charge >= 0.3 is 0 Å². The topological polar surface area (TPSA) is 69.6 Å². The highest BCUT2D eigenvalue weighted by Gasteiger charge is 2.26. The van der Waals surface area contributed by atoms with Gasteiger partial charge in [0.25, 0.3) is 0 Å². The molecule has 2 rings (SSSR count). The van der Waals surface area contributed by atoms with E-state index >= 15 is 0 Å². The van der Waals surface area contributed by atoms with Crippen molar-refractivity contribution in [3.8, 4) is 5.75 Å². The van der Waals surface area contributed by atoms with Crippen LogP contribution in [0.25, 0.3) is 6.08 Å². The van der Waals surface area contributed by atoms with E-state index in [4.69, 9.17) is 5.11 Å². The Balaban J connectivity index is 2.16. The van der Waals surface area contributed by atoms with Gasteiger partial charge in [-0.15, -0.1) is 0 Å². The first-order valence-electron chi connectivity index (χ1n) is 9.94. The SMILES string of the molecule is CC(C)(C)c1cc(CNC(=O)C=Cc2ccc(CO)cc2)cc(C(C)(C)C)c1O. The zero-order chi connectivity index (χ0) is 21.8. The van der Waals surface area contributed by atoms with E-state index in [1.807, 2.05) is 36.4 Å². The Morgan fingerprint density at radius 1 is 0.931 bits per heavy atom. The van der Waals surface area contributed by atoms with Gasteiger partial charge in [-0.3, -0.25) is 4.79 Å². The molecular formula is C25H33NO3. The second-order valence-electron chi connectivity index (χ2n) is 9.49. The molecule has 0 aliphatic carbocycles. The molecule has 4 heteroatoms. The molecule has 0 saturated heterocycles. The molecule has 156 valence electrons. The lowest BCUT2D eigenvalue weighted by Gasteiger charge is -2.28. The summed E-state index contributed by atoms with van der Waals surface area (Å²) in [5, 5.41) is 22.8. The monoisotopic (exact) mass is 395 g/mol. The Labute approximate surface area is 174 Å². The summed E-state index contributed by atoms with van der Waals surface area (Å²) >= 11 is 0. The van der Waals surface area contributed by atoms with Gasteiger partial charge < -0.3 is 15.5 Å². The number of hydrogen-bond acceptors (Lipinski definition) is 3. The molecule has 4 nitrogen and oxygen atoms in total. The lowest BCUT2D eigenvalue weighted by atomic mass is 9.78. The number of carbonyl (C=O) groups excluding carboxylic acids is 1. The first-order valence-corrected chi connectivity index (χ1v) is 9.94. The van der Waals surface area contributed by atoms with Crippen molar-refractivity contribution < 1.29 is 15.0 Å². The summed E-state index contributed by atoms with van der Waals surface area (Å²) in [5.41, 5.74) is 4.06. The fraction of sp³-hybridized carbons (Fsp3) is 0.400. The smallest absolute Gasteiger partial charge is 0.244 e. The summed E-state index contributed by atoms with van der Waals surface area (Å²) in [4.78, 5) is 12.3. The van der Waals surface area contributed by atoms with Crippen LogP contribution in [0.1, 0.15) is 69.4 Å². The molecular weight excluding hydrogens is 362 g/mol. The van der Waals surface area contributed by atoms with Gasteiger partial charge in [-0.1, -0.05) is 65.8 Å². The van der Waals surface area contributed by atoms with E-state index in [2.05, 4.69) is 46.9 Å². The Morgan fingerprint density at radius 3 is 1.90 bits per heavy atom. The molecule has 0 bridgehead atoms. The first-order chi connectivity index (χ1) is 13.4. The number of aromatic hydroxyl groups is 1. The van der Waals surface area contributed by atoms with Gasteiger partial charge in [-0.2, -0.15) is 0 Å². The minimum atomic E-state index is -0.204. The maximum absolute atomic E-state index is 12.3. The number of rotatable bonds is 5. The lowest BCUT2D eigenvalue weighted by Crippen LogP contribution is -2.22. The van der Waals surface area contributed by atoms with Crippen LogP contribution in [0.5, 0.6) is 5.75 Å². The van der Waals surface area contributed by atoms with Crippen LogP contribution < -0.4 is 5.32 Å². The average Bonchev–Trinajstić information content (AvgIpc) is 2.64. The summed E-state index contributed by atoms with van der Waals surface area (Å²) in [6.45, 7) is 12.8. The van der Waals surface area contributed by atoms with Gasteiger partial charge in [0.1, 0.15) is 5.75 Å². The van der Waals surface area contributed by atoms with Crippen LogP contribution >= 0.6 is 0 Å². The maximum atomic E-state index is 12.3. The Bertz CT molecular complexity index is 847. The number of aliphatic hydroxyl groups excluding tert-OH is 1. The summed E-state index contributed by atoms with van der Waals surface area (Å²) in [6.07, 6.45) is 3.25. The molecule has 2 aromatic carbocycles. The van der Waals surface area contributed by atoms with Crippen molar-refractivity contribution in [1.82, 2.24) is 5.32 Å². The van der Waals surface area contributed by atoms with Crippen LogP contribution in [-0.2, 0) is 28.8 Å². The highest BCUT2D eigenvalue weighted by Crippen LogP contribution is 2.39. The number of amides is 1. The van der Waals surface area contributed by atoms with Crippen molar-refractivity contribution in [2.45, 2.75) is 65.5 Å². The van der Waals surface area contributed by atoms with Crippen molar-refractivity contribution in [3.05, 3.63) is 70.3 Å². The second kappa shape index (κ2) is 8.83. The van der Waals surface area contributed by atoms with Gasteiger partial charge in [0.2, 0.25) is 5.91 Å². The highest BCUT2D eigenvalue weighted by molar-refractivity contribution is 5.91. The molecule has 0 aliphatic heterocycles. The molecule has 29 heavy (non-hydrogen) atoms. The zero-order valence-corrected chi connectivity index (χ0v) is 18.3. The van der Waals surface area contributed by atoms with Gasteiger partial charge in [0, 0.05) is 12.6 Å². The predicted octanol–water partition coefficient (Wildman–Crippen LogP) is 4.81. The fourth-order valence-corrected chi connectivity index (χ4v) is 3.09. The highest BCUT2D eigenvalue weighted by atomic mass is 16.3. The Kier molecular flexibility index (Phi) is 6.91. The molecule has 0 heterocycles. The van der Waals surface area contributed by atoms with E-state index in [1.165, 1.54) is 6.08 Å². The fourth-order valence-electron chi connectivity index (χ4n) is 3.09. The van der Waals surface area contributed by atoms with Crippen LogP contribution in [0, 0.1) is 0 Å². The normalized spacial score (nSPS) is 12.4. The minimum absolute atomic E-state index is 0.00418. The van der Waals surface area contributed by atoms with E-state index in [9.17, 15) is 9.90 Å². The minimum Gasteiger partial charge on any atom is -0.507 e. The molecule has 0 fully saturated rings. The van der Waals surface area contributed by atoms with E-state index in [-0.39, 0.29) is 23.3 Å². The van der Waals surface area contributed by atoms with Crippen LogP contribution in [0.4, 0.5) is 0 Å². The number of benzene rings is 2. The third-order valence-corrected chi connectivity index (χ3v) is 4.84. The summed E-state index contributed by atoms with van der Waals surface area (Å²) < 4.78 is 0. The number of nitrogens with one attached hydrogen (secondary N) is 1. The quantitative estimate of drug-likeness (QED) is 0.637. The molecule has 0 spiro atoms. The van der Waals surface area contributed by atoms with Gasteiger partial charge in [0.05, 0.1) is 6.61 Å². The molecule has 0 unspecified atom stereocenters. The predicted molar refractivity (Wildman–Crippen MR) is 119 cm³/mol. The Morgan fingerprint density at radius 2 is 1.45 bits per heavy atom. The third-order valence-electron chi connectivity index (χ3n) is 4.84. The molecule has 0 atom stereocenters. The second-order valence-corrected chi connectivity index (χ2v) is 9.49. The van der Waals surface area contributed by atoms with Crippen molar-refractivity contribution >= 4 is 12.0 Å². The first kappa shape index (κ1) is 22.7. The van der Waals surface area contributed by atoms with Crippen LogP contribution in [0.3, 0.4) is 0 Å². The van der Waals surface area contributed by atoms with Gasteiger partial charge in [-0.05, 0) is 56.9 Å². The number of phenolic OH excluding ortho intramolecular Hbond substituents is 1. The van der Waals surface area contributed by atoms with Gasteiger partial charge in [0.15, 0.2) is 0 Å². The third kappa shape index (κ3) is 6.20. The van der Waals surface area contributed by atoms with E-state index in [0.29, 0.717) is 12.3 Å². The van der Waals surface area contributed by atoms with Crippen molar-refractivity contribution in [2.75, 3.05) is 0 Å². The van der Waals surface area contributed by atoms with Crippen molar-refractivity contribution in [3.63, 3.8) is 0 Å². The van der Waals surface area contributed by atoms with Crippen LogP contribution in [-0.4, -0.2) is 16.1 Å². The number of aliphatic hydroxyl groups is 1. The van der Waals surface area contributed by atoms with E-state index in [1.54, 1.807) is 6.08 Å². The standard InChI is InChI=1S/C25H33NO3/c1-24(2,3)20-13-19(14-21(23(20)29)25(4,5)6)15-26-22(28)12-11-17-7-9-18(16-27)10-8-17/h7-14,27,29H,15-16H2,1-6H3,(H,26,28). The molecule has 0 aromatic heterocycles. The molecule has 0 aliphatic rings. The molecule has 0 saturated carbocycles. The molecule has 0 radical (unpaired) electrons. The number of carbonyl (C=O) groups is 1. The number of phenols is 1. The van der Waals surface area contributed by atoms with Crippen molar-refractivity contribution in [1.29, 1.82) is 0 Å². The van der Waals surface area contributed by atoms with Crippen LogP contribution in [0.15, 0.2) is 42.5 Å². The van der Waals surface area contributed by atoms with Gasteiger partial charge in [-0.25, -0.2) is 0 Å². The zero-order valence-electron chi connectivity index (χ0n) is 18.3. The average molecular weight is 396 g/mol. The van der Waals surface area contributed by atoms with Crippen molar-refractivity contribution in [2.24, 2.45) is 0 Å². The number of hydrogen-bond donors (Lipinski definition) is 3. The largest absolute Gasteiger partial charge is 0.507 e. The van der Waals surface area contributed by atoms with Crippen LogP contribution in [0.2, 0.25) is 0 Å². The lowest BCUT2D eigenvalue weighted by molar-refractivity contribution is -0.116. The van der Waals surface area contributed by atoms with E-state index in [0.717, 1.165) is 27.8 Å². The summed E-state index contributed by atoms with van der Waals surface area (Å²) in [6, 6.07) is 11.3. The summed E-state index contributed by atoms with van der Waals surface area (Å²) in [7, 11) is 0. The maximum Gasteiger partial charge on any atom is 0.244 e. The van der Waals surface area contributed by atoms with E-state index < -0.39 is 0 Å². The Hall–Kier alpha value is -2.59.